The Hall–Kier alpha value is -0.680. The predicted molar refractivity (Wildman–Crippen MR) is 60.3 cm³/mol. The number of carbonyl (C=O) groups is 1. The predicted octanol–water partition coefficient (Wildman–Crippen LogP) is 0.877. The number of fused-ring (bicyclic) bond motifs is 1. The van der Waals surface area contributed by atoms with Gasteiger partial charge >= 0.3 is 5.97 Å². The van der Waals surface area contributed by atoms with E-state index in [9.17, 15) is 14.3 Å². The molecule has 2 heterocycles. The summed E-state index contributed by atoms with van der Waals surface area (Å²) in [4.78, 5) is 13.6. The van der Waals surface area contributed by atoms with E-state index in [2.05, 4.69) is 9.64 Å². The quantitative estimate of drug-likeness (QED) is 0.750. The van der Waals surface area contributed by atoms with Gasteiger partial charge in [-0.25, -0.2) is 9.18 Å². The van der Waals surface area contributed by atoms with Crippen LogP contribution >= 0.6 is 0 Å². The Morgan fingerprint density at radius 3 is 3.12 bits per heavy atom. The molecule has 0 saturated carbocycles. The summed E-state index contributed by atoms with van der Waals surface area (Å²) in [5.74, 6) is -0.929. The third kappa shape index (κ3) is 2.45. The molecule has 5 heteroatoms. The molecule has 2 fully saturated rings. The maximum absolute atomic E-state index is 14.0. The van der Waals surface area contributed by atoms with Crippen LogP contribution in [0.15, 0.2) is 0 Å². The minimum Gasteiger partial charge on any atom is -0.464 e. The molecule has 2 aliphatic heterocycles. The molecule has 4 nitrogen and oxygen atoms in total. The fourth-order valence-corrected chi connectivity index (χ4v) is 2.93. The average molecular weight is 245 g/mol. The number of halogens is 1. The average Bonchev–Trinajstić information content (AvgIpc) is 2.75. The molecule has 0 aliphatic carbocycles. The van der Waals surface area contributed by atoms with Crippen LogP contribution in [0.1, 0.15) is 32.6 Å². The minimum absolute atomic E-state index is 0.144. The first-order valence-corrected chi connectivity index (χ1v) is 6.34. The van der Waals surface area contributed by atoms with E-state index in [4.69, 9.17) is 0 Å². The number of hydrogen-bond acceptors (Lipinski definition) is 4. The van der Waals surface area contributed by atoms with Crippen molar-refractivity contribution >= 4 is 5.97 Å². The second-order valence-electron chi connectivity index (χ2n) is 5.00. The molecule has 17 heavy (non-hydrogen) atoms. The Balaban J connectivity index is 2.01. The standard InChI is InChI=1S/C12H20FNO3/c1-2-17-11(15)10(13)12(16)5-7-14-6-3-4-9(14)8-12/h9-10,16H,2-8H2,1H3. The van der Waals surface area contributed by atoms with E-state index in [1.807, 2.05) is 0 Å². The molecule has 2 rings (SSSR count). The van der Waals surface area contributed by atoms with Crippen molar-refractivity contribution in [1.29, 1.82) is 0 Å². The summed E-state index contributed by atoms with van der Waals surface area (Å²) in [5.41, 5.74) is -1.53. The number of ether oxygens (including phenoxy) is 1. The zero-order valence-corrected chi connectivity index (χ0v) is 10.2. The second-order valence-corrected chi connectivity index (χ2v) is 5.00. The number of nitrogens with zero attached hydrogens (tertiary/aromatic N) is 1. The number of hydrogen-bond donors (Lipinski definition) is 1. The summed E-state index contributed by atoms with van der Waals surface area (Å²) in [5, 5.41) is 10.3. The number of esters is 1. The fraction of sp³-hybridized carbons (Fsp3) is 0.917. The van der Waals surface area contributed by atoms with Crippen LogP contribution in [0.25, 0.3) is 0 Å². The van der Waals surface area contributed by atoms with E-state index < -0.39 is 17.7 Å². The van der Waals surface area contributed by atoms with E-state index in [-0.39, 0.29) is 12.6 Å². The van der Waals surface area contributed by atoms with E-state index in [0.717, 1.165) is 19.4 Å². The van der Waals surface area contributed by atoms with Crippen molar-refractivity contribution in [3.8, 4) is 0 Å². The largest absolute Gasteiger partial charge is 0.464 e. The smallest absolute Gasteiger partial charge is 0.343 e. The highest BCUT2D eigenvalue weighted by Gasteiger charge is 2.49. The van der Waals surface area contributed by atoms with Crippen molar-refractivity contribution < 1.29 is 19.0 Å². The third-order valence-electron chi connectivity index (χ3n) is 3.89. The Kier molecular flexibility index (Phi) is 3.68. The number of alkyl halides is 1. The molecule has 2 saturated heterocycles. The molecule has 2 aliphatic rings. The second kappa shape index (κ2) is 4.90. The molecule has 0 spiro atoms. The first-order chi connectivity index (χ1) is 8.07. The van der Waals surface area contributed by atoms with Gasteiger partial charge < -0.3 is 14.7 Å². The van der Waals surface area contributed by atoms with E-state index in [1.165, 1.54) is 0 Å². The van der Waals surface area contributed by atoms with Gasteiger partial charge in [0.05, 0.1) is 6.61 Å². The van der Waals surface area contributed by atoms with Gasteiger partial charge in [0.2, 0.25) is 6.17 Å². The SMILES string of the molecule is CCOC(=O)C(F)C1(O)CCN2CCCC2C1. The van der Waals surface area contributed by atoms with Gasteiger partial charge in [-0.2, -0.15) is 0 Å². The van der Waals surface area contributed by atoms with Gasteiger partial charge in [0.15, 0.2) is 0 Å². The highest BCUT2D eigenvalue weighted by atomic mass is 19.1. The van der Waals surface area contributed by atoms with Crippen molar-refractivity contribution in [2.75, 3.05) is 19.7 Å². The lowest BCUT2D eigenvalue weighted by molar-refractivity contribution is -0.166. The molecule has 0 radical (unpaired) electrons. The molecule has 3 unspecified atom stereocenters. The summed E-state index contributed by atoms with van der Waals surface area (Å²) in [6, 6.07) is 0.224. The highest BCUT2D eigenvalue weighted by Crippen LogP contribution is 2.36. The molecular weight excluding hydrogens is 225 g/mol. The van der Waals surface area contributed by atoms with Crippen molar-refractivity contribution in [3.63, 3.8) is 0 Å². The molecule has 0 amide bonds. The van der Waals surface area contributed by atoms with Gasteiger partial charge in [0.25, 0.3) is 0 Å². The van der Waals surface area contributed by atoms with Crippen LogP contribution in [-0.4, -0.2) is 53.5 Å². The van der Waals surface area contributed by atoms with Crippen molar-refractivity contribution in [2.24, 2.45) is 0 Å². The van der Waals surface area contributed by atoms with Crippen LogP contribution in [0.5, 0.6) is 0 Å². The number of piperidine rings is 1. The zero-order chi connectivity index (χ0) is 12.5. The molecule has 0 aromatic carbocycles. The zero-order valence-electron chi connectivity index (χ0n) is 10.2. The van der Waals surface area contributed by atoms with Gasteiger partial charge in [-0.1, -0.05) is 0 Å². The molecule has 0 aromatic heterocycles. The van der Waals surface area contributed by atoms with Crippen LogP contribution in [0, 0.1) is 0 Å². The lowest BCUT2D eigenvalue weighted by Gasteiger charge is -2.41. The summed E-state index contributed by atoms with van der Waals surface area (Å²) in [7, 11) is 0. The molecule has 98 valence electrons. The summed E-state index contributed by atoms with van der Waals surface area (Å²) in [6.45, 7) is 3.47. The van der Waals surface area contributed by atoms with E-state index in [0.29, 0.717) is 19.4 Å². The number of rotatable bonds is 3. The Morgan fingerprint density at radius 2 is 2.41 bits per heavy atom. The van der Waals surface area contributed by atoms with Crippen molar-refractivity contribution in [3.05, 3.63) is 0 Å². The van der Waals surface area contributed by atoms with E-state index in [1.54, 1.807) is 6.92 Å². The first-order valence-electron chi connectivity index (χ1n) is 6.34. The lowest BCUT2D eigenvalue weighted by atomic mass is 9.83. The Labute approximate surface area is 101 Å². The van der Waals surface area contributed by atoms with Crippen LogP contribution in [0.3, 0.4) is 0 Å². The van der Waals surface area contributed by atoms with Gasteiger partial charge in [0.1, 0.15) is 5.60 Å². The van der Waals surface area contributed by atoms with Crippen LogP contribution < -0.4 is 0 Å². The molecule has 0 aromatic rings. The summed E-state index contributed by atoms with van der Waals surface area (Å²) in [6.07, 6.45) is 0.816. The number of aliphatic hydroxyl groups is 1. The number of carbonyl (C=O) groups excluding carboxylic acids is 1. The summed E-state index contributed by atoms with van der Waals surface area (Å²) >= 11 is 0. The van der Waals surface area contributed by atoms with E-state index >= 15 is 0 Å². The Bertz CT molecular complexity index is 299. The first kappa shape index (κ1) is 12.8. The molecular formula is C12H20FNO3. The maximum atomic E-state index is 14.0. The van der Waals surface area contributed by atoms with Crippen molar-refractivity contribution in [1.82, 2.24) is 4.90 Å². The summed E-state index contributed by atoms with van der Waals surface area (Å²) < 4.78 is 18.6. The van der Waals surface area contributed by atoms with Gasteiger partial charge in [0, 0.05) is 12.6 Å². The molecule has 0 bridgehead atoms. The monoisotopic (exact) mass is 245 g/mol. The molecule has 3 atom stereocenters. The lowest BCUT2D eigenvalue weighted by Crippen LogP contribution is -2.55. The van der Waals surface area contributed by atoms with Gasteiger partial charge in [-0.05, 0) is 39.2 Å². The van der Waals surface area contributed by atoms with Crippen LogP contribution in [0.4, 0.5) is 4.39 Å². The third-order valence-corrected chi connectivity index (χ3v) is 3.89. The van der Waals surface area contributed by atoms with Crippen molar-refractivity contribution in [2.45, 2.75) is 50.4 Å². The van der Waals surface area contributed by atoms with Gasteiger partial charge in [-0.15, -0.1) is 0 Å². The normalized spacial score (nSPS) is 35.4. The highest BCUT2D eigenvalue weighted by molar-refractivity contribution is 5.76. The minimum atomic E-state index is -1.91. The Morgan fingerprint density at radius 1 is 1.65 bits per heavy atom. The van der Waals surface area contributed by atoms with Crippen LogP contribution in [0.2, 0.25) is 0 Å². The topological polar surface area (TPSA) is 49.8 Å². The van der Waals surface area contributed by atoms with Gasteiger partial charge in [-0.3, -0.25) is 0 Å². The fourth-order valence-electron chi connectivity index (χ4n) is 2.93. The van der Waals surface area contributed by atoms with Crippen LogP contribution in [-0.2, 0) is 9.53 Å². The molecule has 1 N–H and O–H groups in total. The maximum Gasteiger partial charge on any atom is 0.343 e.